The lowest BCUT2D eigenvalue weighted by atomic mass is 9.75. The Kier molecular flexibility index (Phi) is 4.14. The molecule has 0 aromatic heterocycles. The number of anilines is 1. The quantitative estimate of drug-likeness (QED) is 0.789. The minimum atomic E-state index is -3.43. The third-order valence-electron chi connectivity index (χ3n) is 6.29. The number of likely N-dealkylation sites (N-methyl/N-ethyl adjacent to an activating group) is 1. The van der Waals surface area contributed by atoms with Gasteiger partial charge in [-0.1, -0.05) is 30.3 Å². The first-order valence-electron chi connectivity index (χ1n) is 9.34. The summed E-state index contributed by atoms with van der Waals surface area (Å²) in [6, 6.07) is 15.5. The van der Waals surface area contributed by atoms with Crippen LogP contribution in [0.2, 0.25) is 0 Å². The van der Waals surface area contributed by atoms with Gasteiger partial charge in [0, 0.05) is 33.3 Å². The average Bonchev–Trinajstić information content (AvgIpc) is 3.20. The van der Waals surface area contributed by atoms with Gasteiger partial charge in [0.05, 0.1) is 16.6 Å². The summed E-state index contributed by atoms with van der Waals surface area (Å²) in [5.74, 6) is 0. The molecule has 0 fully saturated rings. The summed E-state index contributed by atoms with van der Waals surface area (Å²) < 4.78 is 32.2. The standard InChI is InChI=1S/C22H26N2O3S/c1-21(2)19-8-6-7-9-20(19)24(5)22(21)14-17(15-27-22)16-10-12-18(13-11-16)28(25,26)23(3)4/h6-13,15H,14H2,1-5H3/t22-/m1/s1. The molecule has 2 aliphatic heterocycles. The summed E-state index contributed by atoms with van der Waals surface area (Å²) in [5.41, 5.74) is 3.84. The molecular weight excluding hydrogens is 372 g/mol. The van der Waals surface area contributed by atoms with Crippen molar-refractivity contribution in [2.75, 3.05) is 26.0 Å². The molecule has 28 heavy (non-hydrogen) atoms. The number of sulfonamides is 1. The molecule has 0 saturated heterocycles. The van der Waals surface area contributed by atoms with Gasteiger partial charge in [-0.05, 0) is 48.7 Å². The highest BCUT2D eigenvalue weighted by molar-refractivity contribution is 7.89. The highest BCUT2D eigenvalue weighted by Gasteiger charge is 2.59. The third kappa shape index (κ3) is 2.44. The van der Waals surface area contributed by atoms with Crippen LogP contribution in [0.5, 0.6) is 0 Å². The van der Waals surface area contributed by atoms with Crippen molar-refractivity contribution in [1.82, 2.24) is 4.31 Å². The molecule has 4 rings (SSSR count). The Hall–Kier alpha value is -2.31. The maximum Gasteiger partial charge on any atom is 0.242 e. The third-order valence-corrected chi connectivity index (χ3v) is 8.12. The lowest BCUT2D eigenvalue weighted by molar-refractivity contribution is -0.00656. The number of rotatable bonds is 3. The number of nitrogens with zero attached hydrogens (tertiary/aromatic N) is 2. The van der Waals surface area contributed by atoms with E-state index < -0.39 is 15.7 Å². The molecule has 0 aliphatic carbocycles. The SMILES string of the molecule is CN1c2ccccc2C(C)(C)[C@]12CC(c1ccc(S(=O)(=O)N(C)C)cc1)=CO2. The summed E-state index contributed by atoms with van der Waals surface area (Å²) in [6.07, 6.45) is 2.56. The first-order chi connectivity index (χ1) is 13.1. The molecule has 2 aliphatic rings. The second-order valence-corrected chi connectivity index (χ2v) is 10.4. The molecule has 0 N–H and O–H groups in total. The van der Waals surface area contributed by atoms with E-state index in [-0.39, 0.29) is 5.41 Å². The molecule has 148 valence electrons. The molecule has 2 aromatic rings. The zero-order valence-electron chi connectivity index (χ0n) is 16.9. The normalized spacial score (nSPS) is 23.1. The summed E-state index contributed by atoms with van der Waals surface area (Å²) in [4.78, 5) is 2.53. The van der Waals surface area contributed by atoms with Crippen molar-refractivity contribution in [3.05, 3.63) is 65.9 Å². The van der Waals surface area contributed by atoms with Crippen LogP contribution in [0.3, 0.4) is 0 Å². The number of hydrogen-bond acceptors (Lipinski definition) is 4. The predicted octanol–water partition coefficient (Wildman–Crippen LogP) is 3.82. The Labute approximate surface area is 167 Å². The van der Waals surface area contributed by atoms with E-state index in [0.29, 0.717) is 4.90 Å². The molecule has 0 saturated carbocycles. The highest BCUT2D eigenvalue weighted by Crippen LogP contribution is 2.57. The fourth-order valence-corrected chi connectivity index (χ4v) is 5.32. The van der Waals surface area contributed by atoms with E-state index in [0.717, 1.165) is 17.6 Å². The minimum absolute atomic E-state index is 0.190. The molecule has 6 heteroatoms. The van der Waals surface area contributed by atoms with Gasteiger partial charge in [-0.25, -0.2) is 12.7 Å². The fourth-order valence-electron chi connectivity index (χ4n) is 4.42. The largest absolute Gasteiger partial charge is 0.474 e. The second kappa shape index (κ2) is 6.09. The van der Waals surface area contributed by atoms with Gasteiger partial charge in [0.2, 0.25) is 10.0 Å². The average molecular weight is 399 g/mol. The van der Waals surface area contributed by atoms with E-state index in [1.54, 1.807) is 12.1 Å². The molecule has 2 aromatic carbocycles. The Morgan fingerprint density at radius 1 is 1.04 bits per heavy atom. The van der Waals surface area contributed by atoms with Gasteiger partial charge >= 0.3 is 0 Å². The van der Waals surface area contributed by atoms with Crippen molar-refractivity contribution in [3.63, 3.8) is 0 Å². The van der Waals surface area contributed by atoms with E-state index in [4.69, 9.17) is 4.74 Å². The molecule has 0 radical (unpaired) electrons. The van der Waals surface area contributed by atoms with Crippen molar-refractivity contribution in [1.29, 1.82) is 0 Å². The number of fused-ring (bicyclic) bond motifs is 1. The summed E-state index contributed by atoms with van der Waals surface area (Å²) in [6.45, 7) is 4.44. The predicted molar refractivity (Wildman–Crippen MR) is 112 cm³/mol. The second-order valence-electron chi connectivity index (χ2n) is 8.24. The number of hydrogen-bond donors (Lipinski definition) is 0. The van der Waals surface area contributed by atoms with Crippen LogP contribution < -0.4 is 4.90 Å². The molecule has 1 atom stereocenters. The Bertz CT molecular complexity index is 1060. The molecule has 0 unspecified atom stereocenters. The van der Waals surface area contributed by atoms with Crippen molar-refractivity contribution in [3.8, 4) is 0 Å². The summed E-state index contributed by atoms with van der Waals surface area (Å²) in [7, 11) is 1.73. The van der Waals surface area contributed by atoms with Crippen molar-refractivity contribution in [2.45, 2.75) is 36.3 Å². The van der Waals surface area contributed by atoms with Gasteiger partial charge in [-0.15, -0.1) is 0 Å². The van der Waals surface area contributed by atoms with Crippen LogP contribution in [0.4, 0.5) is 5.69 Å². The maximum atomic E-state index is 12.3. The lowest BCUT2D eigenvalue weighted by Crippen LogP contribution is -2.54. The van der Waals surface area contributed by atoms with Gasteiger partial charge < -0.3 is 9.64 Å². The van der Waals surface area contributed by atoms with Crippen molar-refractivity contribution in [2.24, 2.45) is 0 Å². The molecule has 0 amide bonds. The molecular formula is C22H26N2O3S. The van der Waals surface area contributed by atoms with E-state index in [1.807, 2.05) is 18.4 Å². The van der Waals surface area contributed by atoms with Crippen LogP contribution >= 0.6 is 0 Å². The van der Waals surface area contributed by atoms with Crippen LogP contribution in [0.25, 0.3) is 5.57 Å². The first kappa shape index (κ1) is 19.0. The Morgan fingerprint density at radius 2 is 1.68 bits per heavy atom. The van der Waals surface area contributed by atoms with Gasteiger partial charge in [0.1, 0.15) is 0 Å². The van der Waals surface area contributed by atoms with Crippen molar-refractivity contribution < 1.29 is 13.2 Å². The zero-order chi connectivity index (χ0) is 20.3. The molecule has 1 spiro atoms. The maximum absolute atomic E-state index is 12.3. The van der Waals surface area contributed by atoms with Crippen LogP contribution in [-0.4, -0.2) is 39.6 Å². The summed E-state index contributed by atoms with van der Waals surface area (Å²) >= 11 is 0. The number of ether oxygens (including phenoxy) is 1. The topological polar surface area (TPSA) is 49.9 Å². The highest BCUT2D eigenvalue weighted by atomic mass is 32.2. The van der Waals surface area contributed by atoms with Gasteiger partial charge in [-0.2, -0.15) is 0 Å². The smallest absolute Gasteiger partial charge is 0.242 e. The van der Waals surface area contributed by atoms with Gasteiger partial charge in [0.15, 0.2) is 5.72 Å². The van der Waals surface area contributed by atoms with Crippen molar-refractivity contribution >= 4 is 21.3 Å². The minimum Gasteiger partial charge on any atom is -0.474 e. The molecule has 2 heterocycles. The zero-order valence-corrected chi connectivity index (χ0v) is 17.7. The summed E-state index contributed by atoms with van der Waals surface area (Å²) in [5, 5.41) is 0. The monoisotopic (exact) mass is 398 g/mol. The van der Waals surface area contributed by atoms with Crippen LogP contribution in [0, 0.1) is 0 Å². The number of para-hydroxylation sites is 1. The van der Waals surface area contributed by atoms with E-state index in [1.165, 1.54) is 29.7 Å². The molecule has 5 nitrogen and oxygen atoms in total. The van der Waals surface area contributed by atoms with Gasteiger partial charge in [-0.3, -0.25) is 0 Å². The Balaban J connectivity index is 1.65. The molecule has 0 bridgehead atoms. The van der Waals surface area contributed by atoms with Gasteiger partial charge in [0.25, 0.3) is 0 Å². The van der Waals surface area contributed by atoms with Crippen LogP contribution in [0.15, 0.2) is 59.7 Å². The Morgan fingerprint density at radius 3 is 2.29 bits per heavy atom. The van der Waals surface area contributed by atoms with E-state index in [2.05, 4.69) is 50.1 Å². The van der Waals surface area contributed by atoms with E-state index >= 15 is 0 Å². The fraction of sp³-hybridized carbons (Fsp3) is 0.364. The number of benzene rings is 2. The first-order valence-corrected chi connectivity index (χ1v) is 10.8. The lowest BCUT2D eigenvalue weighted by Gasteiger charge is -2.42. The van der Waals surface area contributed by atoms with Crippen LogP contribution in [0.1, 0.15) is 31.4 Å². The van der Waals surface area contributed by atoms with Crippen LogP contribution in [-0.2, 0) is 20.2 Å². The van der Waals surface area contributed by atoms with E-state index in [9.17, 15) is 8.42 Å².